The van der Waals surface area contributed by atoms with E-state index in [9.17, 15) is 10.1 Å². The number of para-hydroxylation sites is 1. The minimum Gasteiger partial charge on any atom is -0.380 e. The van der Waals surface area contributed by atoms with E-state index in [-0.39, 0.29) is 16.7 Å². The number of rotatable bonds is 6. The highest BCUT2D eigenvalue weighted by Crippen LogP contribution is 2.35. The molecule has 1 heterocycles. The summed E-state index contributed by atoms with van der Waals surface area (Å²) in [4.78, 5) is 13.0. The van der Waals surface area contributed by atoms with Crippen molar-refractivity contribution in [3.63, 3.8) is 0 Å². The first kappa shape index (κ1) is 15.6. The third kappa shape index (κ3) is 3.85. The summed E-state index contributed by atoms with van der Waals surface area (Å²) in [7, 11) is 1.88. The van der Waals surface area contributed by atoms with Gasteiger partial charge in [-0.2, -0.15) is 0 Å². The molecule has 0 saturated carbocycles. The molecule has 21 heavy (non-hydrogen) atoms. The lowest BCUT2D eigenvalue weighted by molar-refractivity contribution is -0.383. The van der Waals surface area contributed by atoms with Gasteiger partial charge in [0, 0.05) is 26.7 Å². The Morgan fingerprint density at radius 2 is 2.29 bits per heavy atom. The molecule has 0 spiro atoms. The minimum atomic E-state index is -0.314. The summed E-state index contributed by atoms with van der Waals surface area (Å²) < 4.78 is 5.72. The van der Waals surface area contributed by atoms with Gasteiger partial charge in [0.25, 0.3) is 0 Å². The summed E-state index contributed by atoms with van der Waals surface area (Å²) >= 11 is 0. The summed E-state index contributed by atoms with van der Waals surface area (Å²) in [5.41, 5.74) is 1.33. The van der Waals surface area contributed by atoms with Gasteiger partial charge in [-0.15, -0.1) is 0 Å². The van der Waals surface area contributed by atoms with Crippen LogP contribution in [-0.2, 0) is 4.74 Å². The average Bonchev–Trinajstić information content (AvgIpc) is 2.48. The molecule has 6 nitrogen and oxygen atoms in total. The van der Waals surface area contributed by atoms with Gasteiger partial charge in [-0.1, -0.05) is 6.07 Å². The van der Waals surface area contributed by atoms with Crippen LogP contribution >= 0.6 is 0 Å². The van der Waals surface area contributed by atoms with Crippen LogP contribution in [0.1, 0.15) is 26.2 Å². The number of nitro groups is 1. The minimum absolute atomic E-state index is 0.137. The lowest BCUT2D eigenvalue weighted by Gasteiger charge is -2.28. The normalized spacial score (nSPS) is 18.3. The van der Waals surface area contributed by atoms with Crippen LogP contribution in [0.3, 0.4) is 0 Å². The second-order valence-corrected chi connectivity index (χ2v) is 5.33. The maximum absolute atomic E-state index is 11.4. The zero-order chi connectivity index (χ0) is 15.2. The number of benzene rings is 1. The van der Waals surface area contributed by atoms with Crippen molar-refractivity contribution >= 4 is 17.1 Å². The zero-order valence-electron chi connectivity index (χ0n) is 12.7. The number of hydrogen-bond acceptors (Lipinski definition) is 5. The maximum Gasteiger partial charge on any atom is 0.315 e. The molecule has 116 valence electrons. The topological polar surface area (TPSA) is 67.6 Å². The molecule has 0 aliphatic carbocycles. The van der Waals surface area contributed by atoms with Crippen molar-refractivity contribution < 1.29 is 9.66 Å². The average molecular weight is 293 g/mol. The Balaban J connectivity index is 2.20. The predicted octanol–water partition coefficient (Wildman–Crippen LogP) is 3.03. The number of nitrogens with zero attached hydrogens (tertiary/aromatic N) is 2. The standard InChI is InChI=1S/C15H23N3O3/c1-3-16-13-8-6-9-14(15(13)18(19)20)17(2)11-12-7-4-5-10-21-12/h6,8-9,12,16H,3-5,7,10-11H2,1-2H3. The van der Waals surface area contributed by atoms with E-state index < -0.39 is 0 Å². The number of likely N-dealkylation sites (N-methyl/N-ethyl adjacent to an activating group) is 1. The van der Waals surface area contributed by atoms with E-state index in [0.29, 0.717) is 24.5 Å². The summed E-state index contributed by atoms with van der Waals surface area (Å²) in [5, 5.41) is 14.5. The third-order valence-electron chi connectivity index (χ3n) is 3.73. The van der Waals surface area contributed by atoms with E-state index in [4.69, 9.17) is 4.74 Å². The second-order valence-electron chi connectivity index (χ2n) is 5.33. The van der Waals surface area contributed by atoms with Crippen LogP contribution in [0, 0.1) is 10.1 Å². The van der Waals surface area contributed by atoms with Gasteiger partial charge in [0.2, 0.25) is 0 Å². The van der Waals surface area contributed by atoms with Gasteiger partial charge < -0.3 is 15.0 Å². The van der Waals surface area contributed by atoms with Crippen molar-refractivity contribution in [1.29, 1.82) is 0 Å². The van der Waals surface area contributed by atoms with Crippen molar-refractivity contribution in [2.75, 3.05) is 37.0 Å². The van der Waals surface area contributed by atoms with Crippen LogP contribution in [0.25, 0.3) is 0 Å². The molecule has 1 aromatic carbocycles. The number of nitrogens with one attached hydrogen (secondary N) is 1. The SMILES string of the molecule is CCNc1cccc(N(C)CC2CCCCO2)c1[N+](=O)[O-]. The second kappa shape index (κ2) is 7.26. The van der Waals surface area contributed by atoms with E-state index >= 15 is 0 Å². The molecule has 1 N–H and O–H groups in total. The summed E-state index contributed by atoms with van der Waals surface area (Å²) in [6.07, 6.45) is 3.45. The van der Waals surface area contributed by atoms with Gasteiger partial charge in [-0.3, -0.25) is 10.1 Å². The van der Waals surface area contributed by atoms with Gasteiger partial charge in [0.1, 0.15) is 11.4 Å². The fourth-order valence-electron chi connectivity index (χ4n) is 2.72. The van der Waals surface area contributed by atoms with Gasteiger partial charge in [-0.25, -0.2) is 0 Å². The summed E-state index contributed by atoms with van der Waals surface area (Å²) in [5.74, 6) is 0. The number of anilines is 2. The first-order valence-electron chi connectivity index (χ1n) is 7.47. The van der Waals surface area contributed by atoms with Crippen LogP contribution in [0.2, 0.25) is 0 Å². The Labute approximate surface area is 125 Å². The molecule has 1 fully saturated rings. The monoisotopic (exact) mass is 293 g/mol. The molecule has 0 bridgehead atoms. The third-order valence-corrected chi connectivity index (χ3v) is 3.73. The van der Waals surface area contributed by atoms with Gasteiger partial charge >= 0.3 is 5.69 Å². The quantitative estimate of drug-likeness (QED) is 0.645. The van der Waals surface area contributed by atoms with Crippen LogP contribution in [-0.4, -0.2) is 37.8 Å². The highest BCUT2D eigenvalue weighted by molar-refractivity contribution is 5.76. The summed E-state index contributed by atoms with van der Waals surface area (Å²) in [6.45, 7) is 4.05. The molecular weight excluding hydrogens is 270 g/mol. The highest BCUT2D eigenvalue weighted by atomic mass is 16.6. The molecular formula is C15H23N3O3. The molecule has 1 aromatic rings. The molecule has 0 aromatic heterocycles. The smallest absolute Gasteiger partial charge is 0.315 e. The Morgan fingerprint density at radius 1 is 1.48 bits per heavy atom. The van der Waals surface area contributed by atoms with Crippen molar-refractivity contribution in [1.82, 2.24) is 0 Å². The van der Waals surface area contributed by atoms with Crippen molar-refractivity contribution in [2.24, 2.45) is 0 Å². The first-order chi connectivity index (χ1) is 10.1. The van der Waals surface area contributed by atoms with Crippen LogP contribution in [0.15, 0.2) is 18.2 Å². The number of nitro benzene ring substituents is 1. The summed E-state index contributed by atoms with van der Waals surface area (Å²) in [6, 6.07) is 5.39. The van der Waals surface area contributed by atoms with Gasteiger partial charge in [-0.05, 0) is 38.3 Å². The van der Waals surface area contributed by atoms with Crippen LogP contribution < -0.4 is 10.2 Å². The molecule has 1 aliphatic rings. The molecule has 1 saturated heterocycles. The largest absolute Gasteiger partial charge is 0.380 e. The van der Waals surface area contributed by atoms with Crippen LogP contribution in [0.5, 0.6) is 0 Å². The number of hydrogen-bond donors (Lipinski definition) is 1. The fourth-order valence-corrected chi connectivity index (χ4v) is 2.72. The fraction of sp³-hybridized carbons (Fsp3) is 0.600. The lowest BCUT2D eigenvalue weighted by Crippen LogP contribution is -2.33. The van der Waals surface area contributed by atoms with E-state index in [1.807, 2.05) is 24.9 Å². The zero-order valence-corrected chi connectivity index (χ0v) is 12.7. The lowest BCUT2D eigenvalue weighted by atomic mass is 10.1. The molecule has 0 radical (unpaired) electrons. The first-order valence-corrected chi connectivity index (χ1v) is 7.47. The molecule has 2 rings (SSSR count). The van der Waals surface area contributed by atoms with E-state index in [1.54, 1.807) is 12.1 Å². The molecule has 1 aliphatic heterocycles. The van der Waals surface area contributed by atoms with E-state index in [0.717, 1.165) is 25.9 Å². The van der Waals surface area contributed by atoms with Crippen molar-refractivity contribution in [3.05, 3.63) is 28.3 Å². The Morgan fingerprint density at radius 3 is 2.90 bits per heavy atom. The van der Waals surface area contributed by atoms with Gasteiger partial charge in [0.05, 0.1) is 11.0 Å². The number of ether oxygens (including phenoxy) is 1. The molecule has 6 heteroatoms. The van der Waals surface area contributed by atoms with Crippen molar-refractivity contribution in [2.45, 2.75) is 32.3 Å². The molecule has 0 amide bonds. The van der Waals surface area contributed by atoms with Gasteiger partial charge in [0.15, 0.2) is 0 Å². The Bertz CT molecular complexity index is 487. The highest BCUT2D eigenvalue weighted by Gasteiger charge is 2.24. The van der Waals surface area contributed by atoms with E-state index in [1.165, 1.54) is 0 Å². The Hall–Kier alpha value is -1.82. The molecule has 1 atom stereocenters. The van der Waals surface area contributed by atoms with E-state index in [2.05, 4.69) is 5.32 Å². The predicted molar refractivity (Wildman–Crippen MR) is 84.1 cm³/mol. The van der Waals surface area contributed by atoms with Crippen LogP contribution in [0.4, 0.5) is 17.1 Å². The maximum atomic E-state index is 11.4. The Kier molecular flexibility index (Phi) is 5.38. The van der Waals surface area contributed by atoms with Crippen molar-refractivity contribution in [3.8, 4) is 0 Å². The molecule has 1 unspecified atom stereocenters.